The van der Waals surface area contributed by atoms with Crippen molar-refractivity contribution >= 4 is 28.3 Å². The second-order valence-electron chi connectivity index (χ2n) is 3.00. The molecule has 1 heterocycles. The zero-order chi connectivity index (χ0) is 11.4. The van der Waals surface area contributed by atoms with Gasteiger partial charge >= 0.3 is 0 Å². The number of aliphatic imine (C=N–C) groups is 2. The van der Waals surface area contributed by atoms with Crippen LogP contribution in [0.25, 0.3) is 0 Å². The fourth-order valence-corrected chi connectivity index (χ4v) is 1.79. The minimum Gasteiger partial charge on any atom is -0.369 e. The van der Waals surface area contributed by atoms with Crippen LogP contribution in [0.3, 0.4) is 0 Å². The van der Waals surface area contributed by atoms with Crippen molar-refractivity contribution in [3.05, 3.63) is 17.0 Å². The largest absolute Gasteiger partial charge is 0.369 e. The Labute approximate surface area is 93.1 Å². The van der Waals surface area contributed by atoms with E-state index in [-0.39, 0.29) is 5.96 Å². The summed E-state index contributed by atoms with van der Waals surface area (Å²) in [4.78, 5) is 10.6. The summed E-state index contributed by atoms with van der Waals surface area (Å²) in [6.45, 7) is 2.04. The van der Waals surface area contributed by atoms with E-state index < -0.39 is 0 Å². The Morgan fingerprint density at radius 3 is 2.53 bits per heavy atom. The van der Waals surface area contributed by atoms with Gasteiger partial charge in [0.15, 0.2) is 0 Å². The summed E-state index contributed by atoms with van der Waals surface area (Å²) in [7, 11) is 3.41. The number of thiophene rings is 1. The molecule has 1 rings (SSSR count). The molecule has 4 N–H and O–H groups in total. The van der Waals surface area contributed by atoms with Crippen LogP contribution in [-0.4, -0.2) is 26.0 Å². The first-order valence-corrected chi connectivity index (χ1v) is 5.23. The first-order chi connectivity index (χ1) is 7.04. The van der Waals surface area contributed by atoms with Gasteiger partial charge in [-0.3, -0.25) is 4.99 Å². The molecular formula is C9H15N5S. The lowest BCUT2D eigenvalue weighted by Crippen LogP contribution is -2.35. The molecule has 1 aromatic rings. The van der Waals surface area contributed by atoms with E-state index in [2.05, 4.69) is 9.98 Å². The molecule has 0 aliphatic carbocycles. The summed E-state index contributed by atoms with van der Waals surface area (Å²) in [6, 6.07) is 4.02. The molecule has 0 amide bonds. The highest BCUT2D eigenvalue weighted by atomic mass is 32.1. The topological polar surface area (TPSA) is 80.0 Å². The molecule has 0 aliphatic rings. The van der Waals surface area contributed by atoms with Crippen LogP contribution in [0, 0.1) is 6.92 Å². The summed E-state index contributed by atoms with van der Waals surface area (Å²) < 4.78 is 0. The Balaban J connectivity index is 2.85. The molecule has 0 saturated carbocycles. The predicted octanol–water partition coefficient (Wildman–Crippen LogP) is 0.752. The van der Waals surface area contributed by atoms with Gasteiger partial charge in [-0.05, 0) is 19.1 Å². The van der Waals surface area contributed by atoms with Crippen LogP contribution >= 0.6 is 11.3 Å². The molecule has 0 unspecified atom stereocenters. The molecule has 0 saturated heterocycles. The minimum atomic E-state index is 0.174. The van der Waals surface area contributed by atoms with Crippen molar-refractivity contribution in [3.8, 4) is 0 Å². The molecule has 0 aromatic carbocycles. The van der Waals surface area contributed by atoms with E-state index in [0.29, 0.717) is 5.96 Å². The summed E-state index contributed by atoms with van der Waals surface area (Å²) in [5, 5.41) is 1.03. The molecule has 0 radical (unpaired) electrons. The molecule has 6 heteroatoms. The summed E-state index contributed by atoms with van der Waals surface area (Å²) in [6.07, 6.45) is 0. The standard InChI is InChI=1S/C9H15N5S/c1-6-4-5-7(15-6)14(3)9(11)13-8(10)12-2/h4-5H,1-3H3,(H4,10,11,12,13). The highest BCUT2D eigenvalue weighted by Crippen LogP contribution is 2.23. The number of rotatable bonds is 1. The number of hydrogen-bond donors (Lipinski definition) is 2. The third kappa shape index (κ3) is 2.95. The Hall–Kier alpha value is -1.56. The summed E-state index contributed by atoms with van der Waals surface area (Å²) in [5.41, 5.74) is 11.2. The van der Waals surface area contributed by atoms with Crippen LogP contribution < -0.4 is 16.4 Å². The highest BCUT2D eigenvalue weighted by molar-refractivity contribution is 7.16. The van der Waals surface area contributed by atoms with Crippen molar-refractivity contribution in [2.24, 2.45) is 21.5 Å². The van der Waals surface area contributed by atoms with Gasteiger partial charge in [0.1, 0.15) is 0 Å². The molecule has 0 aliphatic heterocycles. The monoisotopic (exact) mass is 225 g/mol. The van der Waals surface area contributed by atoms with Crippen LogP contribution in [0.2, 0.25) is 0 Å². The average molecular weight is 225 g/mol. The smallest absolute Gasteiger partial charge is 0.218 e. The van der Waals surface area contributed by atoms with Crippen LogP contribution in [0.4, 0.5) is 5.00 Å². The lowest BCUT2D eigenvalue weighted by atomic mass is 10.5. The van der Waals surface area contributed by atoms with E-state index in [9.17, 15) is 0 Å². The molecule has 15 heavy (non-hydrogen) atoms. The molecule has 1 aromatic heterocycles. The number of nitrogens with zero attached hydrogens (tertiary/aromatic N) is 3. The van der Waals surface area contributed by atoms with E-state index in [1.807, 2.05) is 26.1 Å². The zero-order valence-corrected chi connectivity index (χ0v) is 9.88. The maximum absolute atomic E-state index is 5.76. The summed E-state index contributed by atoms with van der Waals surface area (Å²) >= 11 is 1.64. The van der Waals surface area contributed by atoms with E-state index in [1.54, 1.807) is 23.3 Å². The first kappa shape index (κ1) is 11.5. The molecule has 0 atom stereocenters. The Morgan fingerprint density at radius 1 is 1.40 bits per heavy atom. The van der Waals surface area contributed by atoms with Crippen molar-refractivity contribution in [1.29, 1.82) is 0 Å². The Morgan fingerprint density at radius 2 is 2.07 bits per heavy atom. The number of hydrogen-bond acceptors (Lipinski definition) is 2. The van der Waals surface area contributed by atoms with E-state index in [4.69, 9.17) is 11.5 Å². The van der Waals surface area contributed by atoms with Gasteiger partial charge in [-0.2, -0.15) is 4.99 Å². The van der Waals surface area contributed by atoms with Crippen molar-refractivity contribution in [3.63, 3.8) is 0 Å². The number of aryl methyl sites for hydroxylation is 1. The highest BCUT2D eigenvalue weighted by Gasteiger charge is 2.07. The molecular weight excluding hydrogens is 210 g/mol. The molecule has 0 fully saturated rings. The third-order valence-electron chi connectivity index (χ3n) is 1.86. The van der Waals surface area contributed by atoms with Gasteiger partial charge in [0, 0.05) is 19.0 Å². The lowest BCUT2D eigenvalue weighted by molar-refractivity contribution is 1.24. The van der Waals surface area contributed by atoms with Gasteiger partial charge in [0.05, 0.1) is 5.00 Å². The van der Waals surface area contributed by atoms with Crippen LogP contribution in [-0.2, 0) is 0 Å². The van der Waals surface area contributed by atoms with Crippen LogP contribution in [0.5, 0.6) is 0 Å². The summed E-state index contributed by atoms with van der Waals surface area (Å²) in [5.74, 6) is 0.507. The third-order valence-corrected chi connectivity index (χ3v) is 2.94. The Kier molecular flexibility index (Phi) is 3.68. The van der Waals surface area contributed by atoms with E-state index in [1.165, 1.54) is 4.88 Å². The predicted molar refractivity (Wildman–Crippen MR) is 66.6 cm³/mol. The van der Waals surface area contributed by atoms with Crippen molar-refractivity contribution in [2.75, 3.05) is 19.0 Å². The van der Waals surface area contributed by atoms with Crippen LogP contribution in [0.1, 0.15) is 4.88 Å². The maximum Gasteiger partial charge on any atom is 0.218 e. The van der Waals surface area contributed by atoms with Crippen LogP contribution in [0.15, 0.2) is 22.1 Å². The van der Waals surface area contributed by atoms with Gasteiger partial charge in [0.2, 0.25) is 11.9 Å². The number of guanidine groups is 2. The normalized spacial score (nSPS) is 13.0. The quantitative estimate of drug-likeness (QED) is 0.547. The van der Waals surface area contributed by atoms with Gasteiger partial charge < -0.3 is 16.4 Å². The lowest BCUT2D eigenvalue weighted by Gasteiger charge is -2.15. The SMILES string of the molecule is CN=C(N)N=C(N)N(C)c1ccc(C)s1. The molecule has 82 valence electrons. The molecule has 0 bridgehead atoms. The molecule has 0 spiro atoms. The average Bonchev–Trinajstić information content (AvgIpc) is 2.63. The van der Waals surface area contributed by atoms with Gasteiger partial charge in [-0.1, -0.05) is 0 Å². The van der Waals surface area contributed by atoms with Crippen molar-refractivity contribution in [2.45, 2.75) is 6.92 Å². The maximum atomic E-state index is 5.76. The van der Waals surface area contributed by atoms with Crippen molar-refractivity contribution < 1.29 is 0 Å². The van der Waals surface area contributed by atoms with Gasteiger partial charge in [-0.15, -0.1) is 11.3 Å². The van der Waals surface area contributed by atoms with Gasteiger partial charge in [0.25, 0.3) is 0 Å². The molecule has 5 nitrogen and oxygen atoms in total. The zero-order valence-electron chi connectivity index (χ0n) is 9.06. The second-order valence-corrected chi connectivity index (χ2v) is 4.26. The minimum absolute atomic E-state index is 0.174. The van der Waals surface area contributed by atoms with E-state index in [0.717, 1.165) is 5.00 Å². The fourth-order valence-electron chi connectivity index (χ4n) is 0.957. The van der Waals surface area contributed by atoms with Gasteiger partial charge in [-0.25, -0.2) is 0 Å². The van der Waals surface area contributed by atoms with Crippen molar-refractivity contribution in [1.82, 2.24) is 0 Å². The van der Waals surface area contributed by atoms with E-state index >= 15 is 0 Å². The second kappa shape index (κ2) is 4.79. The number of anilines is 1. The fraction of sp³-hybridized carbons (Fsp3) is 0.333. The Bertz CT molecular complexity index is 393. The number of nitrogens with two attached hydrogens (primary N) is 2. The first-order valence-electron chi connectivity index (χ1n) is 4.41.